The van der Waals surface area contributed by atoms with Crippen LogP contribution in [0.25, 0.3) is 0 Å². The van der Waals surface area contributed by atoms with Crippen LogP contribution in [0.2, 0.25) is 0 Å². The molecule has 0 saturated heterocycles. The number of hydrogen-bond acceptors (Lipinski definition) is 3. The predicted octanol–water partition coefficient (Wildman–Crippen LogP) is 1.98. The lowest BCUT2D eigenvalue weighted by Crippen LogP contribution is -2.51. The minimum Gasteiger partial charge on any atom is -0.394 e. The number of rotatable bonds is 6. The molecule has 0 aromatic heterocycles. The molecule has 0 heterocycles. The summed E-state index contributed by atoms with van der Waals surface area (Å²) in [7, 11) is 0. The van der Waals surface area contributed by atoms with E-state index < -0.39 is 6.04 Å². The van der Waals surface area contributed by atoms with E-state index in [0.717, 1.165) is 25.7 Å². The summed E-state index contributed by atoms with van der Waals surface area (Å²) in [5.41, 5.74) is 0.0231. The number of carbonyl (C=O) groups excluding carboxylic acids is 2. The highest BCUT2D eigenvalue weighted by atomic mass is 16.3. The van der Waals surface area contributed by atoms with Crippen molar-refractivity contribution in [3.05, 3.63) is 0 Å². The smallest absolute Gasteiger partial charge is 0.242 e. The molecular weight excluding hydrogens is 280 g/mol. The van der Waals surface area contributed by atoms with Crippen LogP contribution in [0.4, 0.5) is 0 Å². The van der Waals surface area contributed by atoms with Crippen LogP contribution in [0.1, 0.15) is 66.2 Å². The fourth-order valence-corrected chi connectivity index (χ4v) is 2.99. The average Bonchev–Trinajstić information content (AvgIpc) is 2.45. The van der Waals surface area contributed by atoms with E-state index >= 15 is 0 Å². The monoisotopic (exact) mass is 312 g/mol. The second-order valence-electron chi connectivity index (χ2n) is 7.72. The van der Waals surface area contributed by atoms with E-state index in [9.17, 15) is 14.7 Å². The predicted molar refractivity (Wildman–Crippen MR) is 87.3 cm³/mol. The van der Waals surface area contributed by atoms with Crippen molar-refractivity contribution in [3.63, 3.8) is 0 Å². The Kier molecular flexibility index (Phi) is 7.33. The van der Waals surface area contributed by atoms with Crippen LogP contribution >= 0.6 is 0 Å². The third kappa shape index (κ3) is 6.77. The van der Waals surface area contributed by atoms with Gasteiger partial charge < -0.3 is 15.7 Å². The van der Waals surface area contributed by atoms with Gasteiger partial charge in [-0.15, -0.1) is 0 Å². The van der Waals surface area contributed by atoms with Gasteiger partial charge in [-0.2, -0.15) is 0 Å². The highest BCUT2D eigenvalue weighted by Crippen LogP contribution is 2.24. The van der Waals surface area contributed by atoms with Gasteiger partial charge in [-0.3, -0.25) is 9.59 Å². The number of amides is 2. The first-order valence-electron chi connectivity index (χ1n) is 8.44. The van der Waals surface area contributed by atoms with Gasteiger partial charge >= 0.3 is 0 Å². The molecule has 0 bridgehead atoms. The lowest BCUT2D eigenvalue weighted by molar-refractivity contribution is -0.131. The highest BCUT2D eigenvalue weighted by molar-refractivity contribution is 5.88. The van der Waals surface area contributed by atoms with Crippen molar-refractivity contribution in [3.8, 4) is 0 Å². The van der Waals surface area contributed by atoms with E-state index in [0.29, 0.717) is 6.42 Å². The van der Waals surface area contributed by atoms with Gasteiger partial charge in [-0.25, -0.2) is 0 Å². The number of aliphatic hydroxyl groups is 1. The minimum atomic E-state index is -0.566. The molecule has 128 valence electrons. The third-order valence-electron chi connectivity index (χ3n) is 4.15. The number of carbonyl (C=O) groups is 2. The lowest BCUT2D eigenvalue weighted by Gasteiger charge is -2.27. The molecule has 1 aliphatic rings. The van der Waals surface area contributed by atoms with Gasteiger partial charge in [0, 0.05) is 5.92 Å². The van der Waals surface area contributed by atoms with Gasteiger partial charge in [-0.05, 0) is 31.6 Å². The first kappa shape index (κ1) is 18.9. The van der Waals surface area contributed by atoms with Crippen LogP contribution in [0.5, 0.6) is 0 Å². The van der Waals surface area contributed by atoms with E-state index in [-0.39, 0.29) is 35.8 Å². The van der Waals surface area contributed by atoms with E-state index in [1.54, 1.807) is 6.92 Å². The number of nitrogens with one attached hydrogen (secondary N) is 2. The van der Waals surface area contributed by atoms with Crippen LogP contribution in [0.3, 0.4) is 0 Å². The van der Waals surface area contributed by atoms with Crippen molar-refractivity contribution in [1.82, 2.24) is 10.6 Å². The fraction of sp³-hybridized carbons (Fsp3) is 0.882. The zero-order valence-corrected chi connectivity index (χ0v) is 14.4. The molecular formula is C17H32N2O3. The number of hydrogen-bond donors (Lipinski definition) is 3. The van der Waals surface area contributed by atoms with Gasteiger partial charge in [0.05, 0.1) is 12.6 Å². The molecule has 0 spiro atoms. The average molecular weight is 312 g/mol. The summed E-state index contributed by atoms with van der Waals surface area (Å²) in [6.07, 6.45) is 5.92. The molecule has 3 N–H and O–H groups in total. The molecule has 1 rings (SSSR count). The van der Waals surface area contributed by atoms with Crippen molar-refractivity contribution < 1.29 is 14.7 Å². The molecule has 0 aliphatic heterocycles. The van der Waals surface area contributed by atoms with Crippen LogP contribution in [-0.2, 0) is 9.59 Å². The van der Waals surface area contributed by atoms with Crippen LogP contribution in [0, 0.1) is 11.3 Å². The van der Waals surface area contributed by atoms with E-state index in [1.165, 1.54) is 6.42 Å². The summed E-state index contributed by atoms with van der Waals surface area (Å²) in [5.74, 6) is -0.196. The summed E-state index contributed by atoms with van der Waals surface area (Å²) in [5, 5.41) is 15.0. The van der Waals surface area contributed by atoms with Crippen molar-refractivity contribution in [2.24, 2.45) is 11.3 Å². The summed E-state index contributed by atoms with van der Waals surface area (Å²) in [6, 6.07) is -0.843. The Labute approximate surface area is 134 Å². The highest BCUT2D eigenvalue weighted by Gasteiger charge is 2.26. The SMILES string of the molecule is CC(NC(=O)C1CCCCC1)C(=O)NC(CO)CC(C)(C)C. The van der Waals surface area contributed by atoms with Crippen molar-refractivity contribution >= 4 is 11.8 Å². The van der Waals surface area contributed by atoms with Crippen molar-refractivity contribution in [2.75, 3.05) is 6.61 Å². The van der Waals surface area contributed by atoms with E-state index in [1.807, 2.05) is 0 Å². The summed E-state index contributed by atoms with van der Waals surface area (Å²) >= 11 is 0. The Morgan fingerprint density at radius 3 is 2.23 bits per heavy atom. The maximum absolute atomic E-state index is 12.2. The second kappa shape index (κ2) is 8.51. The summed E-state index contributed by atoms with van der Waals surface area (Å²) in [4.78, 5) is 24.3. The molecule has 22 heavy (non-hydrogen) atoms. The third-order valence-corrected chi connectivity index (χ3v) is 4.15. The zero-order valence-electron chi connectivity index (χ0n) is 14.4. The van der Waals surface area contributed by atoms with Gasteiger partial charge in [0.15, 0.2) is 0 Å². The summed E-state index contributed by atoms with van der Waals surface area (Å²) in [6.45, 7) is 7.80. The molecule has 1 aliphatic carbocycles. The topological polar surface area (TPSA) is 78.4 Å². The molecule has 2 unspecified atom stereocenters. The normalized spacial score (nSPS) is 19.3. The van der Waals surface area contributed by atoms with Gasteiger partial charge in [-0.1, -0.05) is 40.0 Å². The fourth-order valence-electron chi connectivity index (χ4n) is 2.99. The molecule has 0 aromatic carbocycles. The van der Waals surface area contributed by atoms with Gasteiger partial charge in [0.25, 0.3) is 0 Å². The minimum absolute atomic E-state index is 0.0151. The largest absolute Gasteiger partial charge is 0.394 e. The number of aliphatic hydroxyl groups excluding tert-OH is 1. The Morgan fingerprint density at radius 2 is 1.73 bits per heavy atom. The van der Waals surface area contributed by atoms with E-state index in [2.05, 4.69) is 31.4 Å². The molecule has 1 fully saturated rings. The maximum atomic E-state index is 12.2. The Balaban J connectivity index is 2.44. The van der Waals surface area contributed by atoms with Crippen LogP contribution in [0.15, 0.2) is 0 Å². The lowest BCUT2D eigenvalue weighted by atomic mass is 9.88. The molecule has 2 amide bonds. The quantitative estimate of drug-likeness (QED) is 0.702. The van der Waals surface area contributed by atoms with Crippen LogP contribution in [-0.4, -0.2) is 35.6 Å². The van der Waals surface area contributed by atoms with Crippen LogP contribution < -0.4 is 10.6 Å². The molecule has 0 aromatic rings. The molecule has 2 atom stereocenters. The van der Waals surface area contributed by atoms with Gasteiger partial charge in [0.1, 0.15) is 6.04 Å². The summed E-state index contributed by atoms with van der Waals surface area (Å²) < 4.78 is 0. The van der Waals surface area contributed by atoms with Crippen molar-refractivity contribution in [2.45, 2.75) is 78.3 Å². The van der Waals surface area contributed by atoms with Gasteiger partial charge in [0.2, 0.25) is 11.8 Å². The Bertz CT molecular complexity index is 371. The standard InChI is InChI=1S/C17H32N2O3/c1-12(18-16(22)13-8-6-5-7-9-13)15(21)19-14(11-20)10-17(2,3)4/h12-14,20H,5-11H2,1-4H3,(H,18,22)(H,19,21). The van der Waals surface area contributed by atoms with Crippen molar-refractivity contribution in [1.29, 1.82) is 0 Å². The Morgan fingerprint density at radius 1 is 1.14 bits per heavy atom. The Hall–Kier alpha value is -1.10. The zero-order chi connectivity index (χ0) is 16.8. The molecule has 0 radical (unpaired) electrons. The van der Waals surface area contributed by atoms with E-state index in [4.69, 9.17) is 0 Å². The molecule has 5 heteroatoms. The molecule has 5 nitrogen and oxygen atoms in total. The maximum Gasteiger partial charge on any atom is 0.242 e. The second-order valence-corrected chi connectivity index (χ2v) is 7.72. The first-order chi connectivity index (χ1) is 10.2. The first-order valence-corrected chi connectivity index (χ1v) is 8.44. The molecule has 1 saturated carbocycles.